The molecule has 0 saturated carbocycles. The van der Waals surface area contributed by atoms with Gasteiger partial charge in [0.15, 0.2) is 0 Å². The smallest absolute Gasteiger partial charge is 0.221 e. The molecule has 0 bridgehead atoms. The summed E-state index contributed by atoms with van der Waals surface area (Å²) in [5.41, 5.74) is 2.65. The van der Waals surface area contributed by atoms with Crippen molar-refractivity contribution in [3.8, 4) is 11.3 Å². The van der Waals surface area contributed by atoms with Crippen molar-refractivity contribution in [3.63, 3.8) is 0 Å². The van der Waals surface area contributed by atoms with E-state index in [9.17, 15) is 4.79 Å². The molecule has 1 aromatic heterocycles. The van der Waals surface area contributed by atoms with Gasteiger partial charge in [0.05, 0.1) is 6.20 Å². The van der Waals surface area contributed by atoms with Crippen LogP contribution in [0.4, 0.5) is 5.69 Å². The van der Waals surface area contributed by atoms with Crippen molar-refractivity contribution in [2.24, 2.45) is 11.8 Å². The number of rotatable bonds is 4. The van der Waals surface area contributed by atoms with Crippen LogP contribution in [-0.4, -0.2) is 34.0 Å². The molecule has 0 aliphatic carbocycles. The molecule has 1 fully saturated rings. The highest BCUT2D eigenvalue weighted by Gasteiger charge is 2.19. The van der Waals surface area contributed by atoms with Gasteiger partial charge in [-0.15, -0.1) is 5.10 Å². The van der Waals surface area contributed by atoms with Gasteiger partial charge in [-0.1, -0.05) is 24.3 Å². The molecule has 3 rings (SSSR count). The molecule has 1 aromatic carbocycles. The molecule has 1 aliphatic heterocycles. The lowest BCUT2D eigenvalue weighted by molar-refractivity contribution is -0.114. The van der Waals surface area contributed by atoms with E-state index < -0.39 is 0 Å². The SMILES string of the molecule is CC(=O)Nc1ccc(-c2cn(CC3CNCC(C)C3)nn2)cc1. The van der Waals surface area contributed by atoms with Gasteiger partial charge in [0.25, 0.3) is 0 Å². The summed E-state index contributed by atoms with van der Waals surface area (Å²) in [6.45, 7) is 6.84. The number of carbonyl (C=O) groups excluding carboxylic acids is 1. The van der Waals surface area contributed by atoms with Crippen LogP contribution in [0.2, 0.25) is 0 Å². The lowest BCUT2D eigenvalue weighted by Gasteiger charge is -2.27. The highest BCUT2D eigenvalue weighted by atomic mass is 16.1. The van der Waals surface area contributed by atoms with Crippen LogP contribution in [0.15, 0.2) is 30.5 Å². The average molecular weight is 313 g/mol. The number of nitrogens with one attached hydrogen (secondary N) is 2. The fourth-order valence-corrected chi connectivity index (χ4v) is 3.12. The topological polar surface area (TPSA) is 71.8 Å². The van der Waals surface area contributed by atoms with E-state index in [4.69, 9.17) is 0 Å². The van der Waals surface area contributed by atoms with Gasteiger partial charge in [-0.2, -0.15) is 0 Å². The number of piperidine rings is 1. The van der Waals surface area contributed by atoms with Gasteiger partial charge in [0.1, 0.15) is 5.69 Å². The number of aromatic nitrogens is 3. The molecule has 1 amide bonds. The molecule has 6 nitrogen and oxygen atoms in total. The second-order valence-electron chi connectivity index (χ2n) is 6.45. The molecule has 0 radical (unpaired) electrons. The van der Waals surface area contributed by atoms with E-state index in [0.29, 0.717) is 5.92 Å². The normalized spacial score (nSPS) is 21.1. The van der Waals surface area contributed by atoms with Crippen LogP contribution in [-0.2, 0) is 11.3 Å². The quantitative estimate of drug-likeness (QED) is 0.907. The molecule has 1 aliphatic rings. The van der Waals surface area contributed by atoms with E-state index in [-0.39, 0.29) is 5.91 Å². The van der Waals surface area contributed by atoms with Gasteiger partial charge in [-0.25, -0.2) is 0 Å². The van der Waals surface area contributed by atoms with Crippen LogP contribution < -0.4 is 10.6 Å². The van der Waals surface area contributed by atoms with E-state index in [1.54, 1.807) is 0 Å². The van der Waals surface area contributed by atoms with Gasteiger partial charge < -0.3 is 10.6 Å². The second kappa shape index (κ2) is 6.91. The Morgan fingerprint density at radius 1 is 1.35 bits per heavy atom. The van der Waals surface area contributed by atoms with Crippen molar-refractivity contribution in [2.75, 3.05) is 18.4 Å². The first-order chi connectivity index (χ1) is 11.1. The van der Waals surface area contributed by atoms with Crippen molar-refractivity contribution >= 4 is 11.6 Å². The molecule has 2 atom stereocenters. The van der Waals surface area contributed by atoms with E-state index in [1.807, 2.05) is 35.1 Å². The predicted molar refractivity (Wildman–Crippen MR) is 89.9 cm³/mol. The summed E-state index contributed by atoms with van der Waals surface area (Å²) >= 11 is 0. The third kappa shape index (κ3) is 4.16. The number of amides is 1. The standard InChI is InChI=1S/C17H23N5O/c1-12-7-14(9-18-8-12)10-22-11-17(20-21-22)15-3-5-16(6-4-15)19-13(2)23/h3-6,11-12,14,18H,7-10H2,1-2H3,(H,19,23). The summed E-state index contributed by atoms with van der Waals surface area (Å²) in [6.07, 6.45) is 3.22. The summed E-state index contributed by atoms with van der Waals surface area (Å²) in [5.74, 6) is 1.26. The largest absolute Gasteiger partial charge is 0.326 e. The zero-order valence-electron chi connectivity index (χ0n) is 13.6. The van der Waals surface area contributed by atoms with Crippen molar-refractivity contribution in [3.05, 3.63) is 30.5 Å². The Morgan fingerprint density at radius 3 is 2.83 bits per heavy atom. The lowest BCUT2D eigenvalue weighted by atomic mass is 9.92. The summed E-state index contributed by atoms with van der Waals surface area (Å²) in [7, 11) is 0. The summed E-state index contributed by atoms with van der Waals surface area (Å²) in [4.78, 5) is 11.0. The van der Waals surface area contributed by atoms with Crippen LogP contribution in [0.3, 0.4) is 0 Å². The average Bonchev–Trinajstić information content (AvgIpc) is 2.96. The first-order valence-electron chi connectivity index (χ1n) is 8.09. The lowest BCUT2D eigenvalue weighted by Crippen LogP contribution is -2.37. The summed E-state index contributed by atoms with van der Waals surface area (Å²) < 4.78 is 1.93. The number of hydrogen-bond acceptors (Lipinski definition) is 4. The minimum absolute atomic E-state index is 0.0704. The number of anilines is 1. The Hall–Kier alpha value is -2.21. The third-order valence-electron chi connectivity index (χ3n) is 4.15. The first kappa shape index (κ1) is 15.7. The van der Waals surface area contributed by atoms with Crippen molar-refractivity contribution in [1.29, 1.82) is 0 Å². The van der Waals surface area contributed by atoms with Crippen molar-refractivity contribution in [2.45, 2.75) is 26.8 Å². The third-order valence-corrected chi connectivity index (χ3v) is 4.15. The van der Waals surface area contributed by atoms with Gasteiger partial charge in [0, 0.05) is 24.7 Å². The zero-order chi connectivity index (χ0) is 16.2. The predicted octanol–water partition coefficient (Wildman–Crippen LogP) is 2.15. The summed E-state index contributed by atoms with van der Waals surface area (Å²) in [5, 5.41) is 14.7. The Kier molecular flexibility index (Phi) is 4.71. The maximum Gasteiger partial charge on any atom is 0.221 e. The molecule has 2 aromatic rings. The van der Waals surface area contributed by atoms with Crippen molar-refractivity contribution in [1.82, 2.24) is 20.3 Å². The molecule has 2 unspecified atom stereocenters. The van der Waals surface area contributed by atoms with Crippen molar-refractivity contribution < 1.29 is 4.79 Å². The minimum Gasteiger partial charge on any atom is -0.326 e. The molecular weight excluding hydrogens is 290 g/mol. The molecular formula is C17H23N5O. The number of carbonyl (C=O) groups is 1. The van der Waals surface area contributed by atoms with Gasteiger partial charge in [-0.3, -0.25) is 9.48 Å². The van der Waals surface area contributed by atoms with E-state index >= 15 is 0 Å². The summed E-state index contributed by atoms with van der Waals surface area (Å²) in [6, 6.07) is 7.65. The fourth-order valence-electron chi connectivity index (χ4n) is 3.12. The van der Waals surface area contributed by atoms with Gasteiger partial charge in [0.2, 0.25) is 5.91 Å². The number of hydrogen-bond donors (Lipinski definition) is 2. The maximum atomic E-state index is 11.0. The highest BCUT2D eigenvalue weighted by molar-refractivity contribution is 5.88. The van der Waals surface area contributed by atoms with E-state index in [1.165, 1.54) is 13.3 Å². The number of nitrogens with zero attached hydrogens (tertiary/aromatic N) is 3. The molecule has 6 heteroatoms. The monoisotopic (exact) mass is 313 g/mol. The molecule has 122 valence electrons. The Labute approximate surface area is 136 Å². The fraction of sp³-hybridized carbons (Fsp3) is 0.471. The second-order valence-corrected chi connectivity index (χ2v) is 6.45. The van der Waals surface area contributed by atoms with Gasteiger partial charge >= 0.3 is 0 Å². The van der Waals surface area contributed by atoms with Crippen LogP contribution in [0.25, 0.3) is 11.3 Å². The van der Waals surface area contributed by atoms with E-state index in [0.717, 1.165) is 42.5 Å². The maximum absolute atomic E-state index is 11.0. The van der Waals surface area contributed by atoms with Crippen LogP contribution >= 0.6 is 0 Å². The van der Waals surface area contributed by atoms with Crippen LogP contribution in [0.5, 0.6) is 0 Å². The van der Waals surface area contributed by atoms with Gasteiger partial charge in [-0.05, 0) is 43.5 Å². The van der Waals surface area contributed by atoms with Crippen LogP contribution in [0.1, 0.15) is 20.3 Å². The van der Waals surface area contributed by atoms with E-state index in [2.05, 4.69) is 27.9 Å². The molecule has 23 heavy (non-hydrogen) atoms. The molecule has 0 spiro atoms. The molecule has 2 N–H and O–H groups in total. The zero-order valence-corrected chi connectivity index (χ0v) is 13.6. The first-order valence-corrected chi connectivity index (χ1v) is 8.09. The molecule has 1 saturated heterocycles. The Bertz CT molecular complexity index is 664. The number of benzene rings is 1. The Morgan fingerprint density at radius 2 is 2.13 bits per heavy atom. The minimum atomic E-state index is -0.0704. The molecule has 2 heterocycles. The Balaban J connectivity index is 1.65. The van der Waals surface area contributed by atoms with Crippen LogP contribution in [0, 0.1) is 11.8 Å². The highest BCUT2D eigenvalue weighted by Crippen LogP contribution is 2.21.